The fourth-order valence-electron chi connectivity index (χ4n) is 1.47. The largest absolute Gasteiger partial charge is 0.492 e. The summed E-state index contributed by atoms with van der Waals surface area (Å²) in [6.07, 6.45) is 0. The van der Waals surface area contributed by atoms with Crippen LogP contribution >= 0.6 is 11.3 Å². The Bertz CT molecular complexity index is 511. The van der Waals surface area contributed by atoms with E-state index >= 15 is 0 Å². The maximum absolute atomic E-state index is 11.8. The van der Waals surface area contributed by atoms with Crippen LogP contribution in [0.25, 0.3) is 0 Å². The number of anilines is 2. The van der Waals surface area contributed by atoms with Gasteiger partial charge in [-0.25, -0.2) is 4.79 Å². The van der Waals surface area contributed by atoms with E-state index in [-0.39, 0.29) is 6.03 Å². The quantitative estimate of drug-likeness (QED) is 0.880. The van der Waals surface area contributed by atoms with Crippen molar-refractivity contribution in [3.8, 4) is 5.75 Å². The smallest absolute Gasteiger partial charge is 0.324 e. The van der Waals surface area contributed by atoms with Crippen molar-refractivity contribution in [3.63, 3.8) is 0 Å². The van der Waals surface area contributed by atoms with Gasteiger partial charge in [-0.2, -0.15) is 0 Å². The summed E-state index contributed by atoms with van der Waals surface area (Å²) >= 11 is 1.47. The van der Waals surface area contributed by atoms with E-state index in [1.807, 2.05) is 42.6 Å². The van der Waals surface area contributed by atoms with Crippen LogP contribution in [0.4, 0.5) is 15.5 Å². The summed E-state index contributed by atoms with van der Waals surface area (Å²) in [6.45, 7) is 2.47. The monoisotopic (exact) mass is 262 g/mol. The Labute approximate surface area is 110 Å². The van der Waals surface area contributed by atoms with Crippen LogP contribution in [0.15, 0.2) is 41.8 Å². The van der Waals surface area contributed by atoms with Gasteiger partial charge in [0, 0.05) is 0 Å². The van der Waals surface area contributed by atoms with Gasteiger partial charge in [0.25, 0.3) is 0 Å². The number of carbonyl (C=O) groups is 1. The molecule has 0 saturated carbocycles. The van der Waals surface area contributed by atoms with Gasteiger partial charge in [-0.3, -0.25) is 5.32 Å². The molecule has 2 N–H and O–H groups in total. The molecule has 0 saturated heterocycles. The number of ether oxygens (including phenoxy) is 1. The van der Waals surface area contributed by atoms with E-state index in [9.17, 15) is 4.79 Å². The third-order valence-electron chi connectivity index (χ3n) is 2.19. The molecule has 2 amide bonds. The van der Waals surface area contributed by atoms with E-state index in [4.69, 9.17) is 4.74 Å². The van der Waals surface area contributed by atoms with Gasteiger partial charge in [-0.15, -0.1) is 11.3 Å². The molecule has 0 aliphatic heterocycles. The van der Waals surface area contributed by atoms with Crippen LogP contribution in [0.1, 0.15) is 6.92 Å². The van der Waals surface area contributed by atoms with E-state index in [1.54, 1.807) is 6.07 Å². The number of carbonyl (C=O) groups excluding carboxylic acids is 1. The maximum atomic E-state index is 11.8. The highest BCUT2D eigenvalue weighted by atomic mass is 32.1. The Morgan fingerprint density at radius 1 is 1.22 bits per heavy atom. The first-order chi connectivity index (χ1) is 8.79. The molecule has 0 spiro atoms. The molecule has 0 unspecified atom stereocenters. The molecule has 1 aromatic heterocycles. The molecule has 0 bridgehead atoms. The molecule has 0 fully saturated rings. The minimum atomic E-state index is -0.274. The van der Waals surface area contributed by atoms with Crippen LogP contribution in [-0.2, 0) is 0 Å². The molecular formula is C13H14N2O2S. The van der Waals surface area contributed by atoms with Gasteiger partial charge >= 0.3 is 6.03 Å². The number of hydrogen-bond donors (Lipinski definition) is 2. The fourth-order valence-corrected chi connectivity index (χ4v) is 2.08. The van der Waals surface area contributed by atoms with E-state index < -0.39 is 0 Å². The average Bonchev–Trinajstić information content (AvgIpc) is 2.84. The summed E-state index contributed by atoms with van der Waals surface area (Å²) in [5.41, 5.74) is 0.661. The first-order valence-electron chi connectivity index (χ1n) is 5.63. The molecule has 0 aliphatic rings. The van der Waals surface area contributed by atoms with Crippen molar-refractivity contribution in [3.05, 3.63) is 41.8 Å². The second kappa shape index (κ2) is 6.07. The zero-order valence-electron chi connectivity index (χ0n) is 9.97. The summed E-state index contributed by atoms with van der Waals surface area (Å²) < 4.78 is 5.43. The number of nitrogens with one attached hydrogen (secondary N) is 2. The van der Waals surface area contributed by atoms with Gasteiger partial charge < -0.3 is 10.1 Å². The van der Waals surface area contributed by atoms with E-state index in [0.717, 1.165) is 5.00 Å². The highest BCUT2D eigenvalue weighted by Crippen LogP contribution is 2.24. The highest BCUT2D eigenvalue weighted by Gasteiger charge is 2.07. The molecule has 2 rings (SSSR count). The predicted molar refractivity (Wildman–Crippen MR) is 74.6 cm³/mol. The Hall–Kier alpha value is -2.01. The second-order valence-corrected chi connectivity index (χ2v) is 4.43. The molecule has 0 aliphatic carbocycles. The number of urea groups is 1. The van der Waals surface area contributed by atoms with Gasteiger partial charge in [0.1, 0.15) is 5.75 Å². The number of rotatable bonds is 4. The van der Waals surface area contributed by atoms with Crippen molar-refractivity contribution in [2.24, 2.45) is 0 Å². The van der Waals surface area contributed by atoms with Gasteiger partial charge in [0.15, 0.2) is 0 Å². The maximum Gasteiger partial charge on any atom is 0.324 e. The summed E-state index contributed by atoms with van der Waals surface area (Å²) in [5.74, 6) is 0.668. The average molecular weight is 262 g/mol. The Balaban J connectivity index is 2.02. The Morgan fingerprint density at radius 2 is 2.06 bits per heavy atom. The van der Waals surface area contributed by atoms with Crippen molar-refractivity contribution in [1.29, 1.82) is 0 Å². The minimum Gasteiger partial charge on any atom is -0.492 e. The molecule has 0 radical (unpaired) electrons. The van der Waals surface area contributed by atoms with Gasteiger partial charge in [-0.1, -0.05) is 12.1 Å². The topological polar surface area (TPSA) is 50.4 Å². The fraction of sp³-hybridized carbons (Fsp3) is 0.154. The summed E-state index contributed by atoms with van der Waals surface area (Å²) in [6, 6.07) is 10.8. The van der Waals surface area contributed by atoms with Crippen molar-refractivity contribution in [1.82, 2.24) is 0 Å². The second-order valence-electron chi connectivity index (χ2n) is 3.49. The van der Waals surface area contributed by atoms with Crippen LogP contribution in [0.2, 0.25) is 0 Å². The van der Waals surface area contributed by atoms with Crippen molar-refractivity contribution in [2.45, 2.75) is 6.92 Å². The SMILES string of the molecule is CCOc1ccccc1NC(=O)Nc1cccs1. The van der Waals surface area contributed by atoms with Gasteiger partial charge in [0.2, 0.25) is 0 Å². The first kappa shape index (κ1) is 12.4. The van der Waals surface area contributed by atoms with Crippen molar-refractivity contribution >= 4 is 28.1 Å². The van der Waals surface area contributed by atoms with E-state index in [0.29, 0.717) is 18.0 Å². The minimum absolute atomic E-state index is 0.274. The number of benzene rings is 1. The van der Waals surface area contributed by atoms with E-state index in [2.05, 4.69) is 10.6 Å². The number of thiophene rings is 1. The van der Waals surface area contributed by atoms with Crippen LogP contribution < -0.4 is 15.4 Å². The lowest BCUT2D eigenvalue weighted by Gasteiger charge is -2.11. The van der Waals surface area contributed by atoms with Gasteiger partial charge in [0.05, 0.1) is 17.3 Å². The molecule has 2 aromatic rings. The normalized spacial score (nSPS) is 9.83. The zero-order valence-corrected chi connectivity index (χ0v) is 10.8. The van der Waals surface area contributed by atoms with Crippen LogP contribution in [0.3, 0.4) is 0 Å². The molecular weight excluding hydrogens is 248 g/mol. The molecule has 5 heteroatoms. The van der Waals surface area contributed by atoms with Crippen LogP contribution in [0, 0.1) is 0 Å². The Morgan fingerprint density at radius 3 is 2.78 bits per heavy atom. The molecule has 0 atom stereocenters. The van der Waals surface area contributed by atoms with Crippen molar-refractivity contribution < 1.29 is 9.53 Å². The third kappa shape index (κ3) is 3.24. The summed E-state index contributed by atoms with van der Waals surface area (Å²) in [4.78, 5) is 11.8. The summed E-state index contributed by atoms with van der Waals surface area (Å²) in [7, 11) is 0. The highest BCUT2D eigenvalue weighted by molar-refractivity contribution is 7.14. The standard InChI is InChI=1S/C13H14N2O2S/c1-2-17-11-7-4-3-6-10(11)14-13(16)15-12-8-5-9-18-12/h3-9H,2H2,1H3,(H2,14,15,16). The number of para-hydroxylation sites is 2. The molecule has 94 valence electrons. The Kier molecular flexibility index (Phi) is 4.20. The lowest BCUT2D eigenvalue weighted by molar-refractivity contribution is 0.262. The lowest BCUT2D eigenvalue weighted by atomic mass is 10.3. The van der Waals surface area contributed by atoms with Crippen molar-refractivity contribution in [2.75, 3.05) is 17.2 Å². The third-order valence-corrected chi connectivity index (χ3v) is 2.98. The summed E-state index contributed by atoms with van der Waals surface area (Å²) in [5, 5.41) is 8.23. The van der Waals surface area contributed by atoms with Gasteiger partial charge in [-0.05, 0) is 36.6 Å². The van der Waals surface area contributed by atoms with Crippen LogP contribution in [0.5, 0.6) is 5.75 Å². The zero-order chi connectivity index (χ0) is 12.8. The molecule has 1 heterocycles. The van der Waals surface area contributed by atoms with E-state index in [1.165, 1.54) is 11.3 Å². The molecule has 4 nitrogen and oxygen atoms in total. The molecule has 1 aromatic carbocycles. The lowest BCUT2D eigenvalue weighted by Crippen LogP contribution is -2.19. The number of amides is 2. The number of hydrogen-bond acceptors (Lipinski definition) is 3. The first-order valence-corrected chi connectivity index (χ1v) is 6.51. The van der Waals surface area contributed by atoms with Crippen LogP contribution in [-0.4, -0.2) is 12.6 Å². The predicted octanol–water partition coefficient (Wildman–Crippen LogP) is 3.79. The molecule has 18 heavy (non-hydrogen) atoms.